The van der Waals surface area contributed by atoms with E-state index in [-0.39, 0.29) is 23.4 Å². The van der Waals surface area contributed by atoms with Crippen molar-refractivity contribution in [3.63, 3.8) is 0 Å². The smallest absolute Gasteiger partial charge is 0.254 e. The van der Waals surface area contributed by atoms with Crippen molar-refractivity contribution >= 4 is 15.9 Å². The Morgan fingerprint density at radius 2 is 2.00 bits per heavy atom. The SMILES string of the molecule is CCC1CCCCN1C(=O)c1ccc(S(=O)(=O)NCc2cccnc2)cc1. The van der Waals surface area contributed by atoms with Crippen LogP contribution in [0.25, 0.3) is 0 Å². The third-order valence-corrected chi connectivity index (χ3v) is 6.38. The van der Waals surface area contributed by atoms with E-state index in [4.69, 9.17) is 0 Å². The van der Waals surface area contributed by atoms with Gasteiger partial charge in [0.05, 0.1) is 4.90 Å². The van der Waals surface area contributed by atoms with Crippen LogP contribution in [0.4, 0.5) is 0 Å². The zero-order valence-corrected chi connectivity index (χ0v) is 16.3. The maximum Gasteiger partial charge on any atom is 0.254 e. The number of amides is 1. The second-order valence-corrected chi connectivity index (χ2v) is 8.53. The van der Waals surface area contributed by atoms with Crippen molar-refractivity contribution in [2.45, 2.75) is 50.1 Å². The summed E-state index contributed by atoms with van der Waals surface area (Å²) in [6, 6.07) is 10.0. The van der Waals surface area contributed by atoms with Gasteiger partial charge in [-0.05, 0) is 61.6 Å². The number of aromatic nitrogens is 1. The summed E-state index contributed by atoms with van der Waals surface area (Å²) in [4.78, 5) is 18.8. The van der Waals surface area contributed by atoms with Crippen molar-refractivity contribution in [3.05, 3.63) is 59.9 Å². The first-order valence-electron chi connectivity index (χ1n) is 9.31. The summed E-state index contributed by atoms with van der Waals surface area (Å²) in [7, 11) is -3.64. The number of carbonyl (C=O) groups excluding carboxylic acids is 1. The normalized spacial score (nSPS) is 17.7. The number of rotatable bonds is 6. The topological polar surface area (TPSA) is 79.4 Å². The maximum atomic E-state index is 12.8. The molecule has 1 atom stereocenters. The van der Waals surface area contributed by atoms with E-state index in [9.17, 15) is 13.2 Å². The van der Waals surface area contributed by atoms with Crippen LogP contribution < -0.4 is 4.72 Å². The molecule has 2 heterocycles. The number of nitrogens with one attached hydrogen (secondary N) is 1. The molecule has 0 aliphatic carbocycles. The van der Waals surface area contributed by atoms with Crippen molar-refractivity contribution in [1.29, 1.82) is 0 Å². The number of piperidine rings is 1. The van der Waals surface area contributed by atoms with Crippen LogP contribution in [0.1, 0.15) is 48.5 Å². The van der Waals surface area contributed by atoms with Crippen LogP contribution in [0.5, 0.6) is 0 Å². The Hall–Kier alpha value is -2.25. The Kier molecular flexibility index (Phi) is 6.23. The number of likely N-dealkylation sites (tertiary alicyclic amines) is 1. The number of hydrogen-bond acceptors (Lipinski definition) is 4. The van der Waals surface area contributed by atoms with Gasteiger partial charge in [-0.25, -0.2) is 13.1 Å². The molecule has 1 aliphatic rings. The first-order chi connectivity index (χ1) is 13.0. The molecule has 1 fully saturated rings. The number of sulfonamides is 1. The fourth-order valence-electron chi connectivity index (χ4n) is 3.40. The van der Waals surface area contributed by atoms with Gasteiger partial charge in [0.15, 0.2) is 0 Å². The van der Waals surface area contributed by atoms with E-state index in [1.165, 1.54) is 12.1 Å². The fourth-order valence-corrected chi connectivity index (χ4v) is 4.42. The Labute approximate surface area is 160 Å². The highest BCUT2D eigenvalue weighted by atomic mass is 32.2. The summed E-state index contributed by atoms with van der Waals surface area (Å²) < 4.78 is 27.5. The van der Waals surface area contributed by atoms with E-state index in [1.807, 2.05) is 4.90 Å². The molecule has 6 nitrogen and oxygen atoms in total. The summed E-state index contributed by atoms with van der Waals surface area (Å²) in [5, 5.41) is 0. The highest BCUT2D eigenvalue weighted by molar-refractivity contribution is 7.89. The number of benzene rings is 1. The summed E-state index contributed by atoms with van der Waals surface area (Å²) >= 11 is 0. The zero-order chi connectivity index (χ0) is 19.3. The predicted octanol–water partition coefficient (Wildman–Crippen LogP) is 2.96. The molecule has 0 saturated carbocycles. The highest BCUT2D eigenvalue weighted by Crippen LogP contribution is 2.22. The van der Waals surface area contributed by atoms with Crippen LogP contribution in [0, 0.1) is 0 Å². The molecule has 1 amide bonds. The van der Waals surface area contributed by atoms with Gasteiger partial charge in [0.2, 0.25) is 10.0 Å². The lowest BCUT2D eigenvalue weighted by Gasteiger charge is -2.35. The van der Waals surface area contributed by atoms with Crippen LogP contribution in [0.3, 0.4) is 0 Å². The summed E-state index contributed by atoms with van der Waals surface area (Å²) in [5.74, 6) is -0.0196. The average molecular weight is 388 g/mol. The molecule has 1 unspecified atom stereocenters. The maximum absolute atomic E-state index is 12.8. The molecule has 1 saturated heterocycles. The number of pyridine rings is 1. The molecule has 0 radical (unpaired) electrons. The van der Waals surface area contributed by atoms with E-state index in [0.29, 0.717) is 5.56 Å². The van der Waals surface area contributed by atoms with Crippen LogP contribution in [0.15, 0.2) is 53.7 Å². The van der Waals surface area contributed by atoms with Gasteiger partial charge in [-0.1, -0.05) is 13.0 Å². The Balaban J connectivity index is 1.69. The Morgan fingerprint density at radius 1 is 1.22 bits per heavy atom. The minimum atomic E-state index is -3.64. The average Bonchev–Trinajstić information content (AvgIpc) is 2.72. The van der Waals surface area contributed by atoms with E-state index in [1.54, 1.807) is 36.7 Å². The van der Waals surface area contributed by atoms with E-state index in [2.05, 4.69) is 16.6 Å². The molecule has 1 aliphatic heterocycles. The highest BCUT2D eigenvalue weighted by Gasteiger charge is 2.26. The van der Waals surface area contributed by atoms with Crippen molar-refractivity contribution in [2.24, 2.45) is 0 Å². The van der Waals surface area contributed by atoms with Crippen LogP contribution in [0.2, 0.25) is 0 Å². The van der Waals surface area contributed by atoms with E-state index in [0.717, 1.165) is 37.8 Å². The molecule has 1 N–H and O–H groups in total. The first-order valence-corrected chi connectivity index (χ1v) is 10.8. The van der Waals surface area contributed by atoms with Gasteiger partial charge < -0.3 is 4.90 Å². The lowest BCUT2D eigenvalue weighted by atomic mass is 9.99. The summed E-state index contributed by atoms with van der Waals surface area (Å²) in [5.41, 5.74) is 1.31. The second kappa shape index (κ2) is 8.63. The Bertz CT molecular complexity index is 867. The van der Waals surface area contributed by atoms with Crippen molar-refractivity contribution < 1.29 is 13.2 Å². The number of nitrogens with zero attached hydrogens (tertiary/aromatic N) is 2. The molecule has 7 heteroatoms. The van der Waals surface area contributed by atoms with Gasteiger partial charge in [-0.3, -0.25) is 9.78 Å². The lowest BCUT2D eigenvalue weighted by molar-refractivity contribution is 0.0608. The molecular formula is C20H25N3O3S. The molecule has 2 aromatic rings. The van der Waals surface area contributed by atoms with Crippen LogP contribution >= 0.6 is 0 Å². The summed E-state index contributed by atoms with van der Waals surface area (Å²) in [6.45, 7) is 3.03. The fraction of sp³-hybridized carbons (Fsp3) is 0.400. The minimum absolute atomic E-state index is 0.0196. The predicted molar refractivity (Wildman–Crippen MR) is 104 cm³/mol. The second-order valence-electron chi connectivity index (χ2n) is 6.77. The first kappa shape index (κ1) is 19.5. The molecule has 27 heavy (non-hydrogen) atoms. The minimum Gasteiger partial charge on any atom is -0.336 e. The molecule has 0 spiro atoms. The third kappa shape index (κ3) is 4.73. The van der Waals surface area contributed by atoms with Gasteiger partial charge in [0.1, 0.15) is 0 Å². The quantitative estimate of drug-likeness (QED) is 0.826. The van der Waals surface area contributed by atoms with Crippen LogP contribution in [-0.2, 0) is 16.6 Å². The van der Waals surface area contributed by atoms with Crippen molar-refractivity contribution in [1.82, 2.24) is 14.6 Å². The van der Waals surface area contributed by atoms with Gasteiger partial charge >= 0.3 is 0 Å². The molecule has 1 aromatic heterocycles. The van der Waals surface area contributed by atoms with Crippen LogP contribution in [-0.4, -0.2) is 36.8 Å². The van der Waals surface area contributed by atoms with Gasteiger partial charge in [0.25, 0.3) is 5.91 Å². The molecule has 1 aromatic carbocycles. The third-order valence-electron chi connectivity index (χ3n) is 4.96. The number of carbonyl (C=O) groups is 1. The van der Waals surface area contributed by atoms with Gasteiger partial charge in [0, 0.05) is 37.1 Å². The van der Waals surface area contributed by atoms with Gasteiger partial charge in [-0.2, -0.15) is 0 Å². The molecule has 3 rings (SSSR count). The Morgan fingerprint density at radius 3 is 2.67 bits per heavy atom. The number of hydrogen-bond donors (Lipinski definition) is 1. The van der Waals surface area contributed by atoms with E-state index < -0.39 is 10.0 Å². The molecule has 144 valence electrons. The standard InChI is InChI=1S/C20H25N3O3S/c1-2-18-7-3-4-13-23(18)20(24)17-8-10-19(11-9-17)27(25,26)22-15-16-6-5-12-21-14-16/h5-6,8-12,14,18,22H,2-4,7,13,15H2,1H3. The zero-order valence-electron chi connectivity index (χ0n) is 15.5. The molecular weight excluding hydrogens is 362 g/mol. The van der Waals surface area contributed by atoms with E-state index >= 15 is 0 Å². The largest absolute Gasteiger partial charge is 0.336 e. The monoisotopic (exact) mass is 387 g/mol. The molecule has 0 bridgehead atoms. The summed E-state index contributed by atoms with van der Waals surface area (Å²) in [6.07, 6.45) is 7.41. The lowest BCUT2D eigenvalue weighted by Crippen LogP contribution is -2.43. The van der Waals surface area contributed by atoms with Crippen molar-refractivity contribution in [3.8, 4) is 0 Å². The van der Waals surface area contributed by atoms with Gasteiger partial charge in [-0.15, -0.1) is 0 Å². The van der Waals surface area contributed by atoms with Crippen molar-refractivity contribution in [2.75, 3.05) is 6.54 Å².